The van der Waals surface area contributed by atoms with Gasteiger partial charge >= 0.3 is 0 Å². The standard InChI is InChI=1S/C12H17F2NO2/c1-16-11-8(5-3-4-6-15)7-9(13)10(14)12(11)17-2/h7H,3-6,15H2,1-2H3. The van der Waals surface area contributed by atoms with Crippen LogP contribution in [-0.2, 0) is 6.42 Å². The monoisotopic (exact) mass is 245 g/mol. The summed E-state index contributed by atoms with van der Waals surface area (Å²) in [5.41, 5.74) is 5.98. The minimum atomic E-state index is -1.02. The highest BCUT2D eigenvalue weighted by molar-refractivity contribution is 5.48. The van der Waals surface area contributed by atoms with Gasteiger partial charge in [-0.05, 0) is 31.9 Å². The maximum atomic E-state index is 13.4. The van der Waals surface area contributed by atoms with Crippen molar-refractivity contribution in [3.63, 3.8) is 0 Å². The molecule has 5 heteroatoms. The number of unbranched alkanes of at least 4 members (excludes halogenated alkanes) is 1. The molecule has 1 aromatic carbocycles. The molecule has 96 valence electrons. The second kappa shape index (κ2) is 6.39. The topological polar surface area (TPSA) is 44.5 Å². The van der Waals surface area contributed by atoms with Gasteiger partial charge in [-0.1, -0.05) is 0 Å². The van der Waals surface area contributed by atoms with Crippen LogP contribution in [0.25, 0.3) is 0 Å². The molecular weight excluding hydrogens is 228 g/mol. The van der Waals surface area contributed by atoms with Gasteiger partial charge in [0, 0.05) is 5.56 Å². The molecule has 0 radical (unpaired) electrons. The van der Waals surface area contributed by atoms with E-state index in [4.69, 9.17) is 15.2 Å². The van der Waals surface area contributed by atoms with Crippen LogP contribution < -0.4 is 15.2 Å². The summed E-state index contributed by atoms with van der Waals surface area (Å²) in [5, 5.41) is 0. The van der Waals surface area contributed by atoms with Crippen molar-refractivity contribution in [1.82, 2.24) is 0 Å². The Morgan fingerprint density at radius 1 is 1.12 bits per heavy atom. The molecule has 0 spiro atoms. The van der Waals surface area contributed by atoms with E-state index in [9.17, 15) is 8.78 Å². The number of hydrogen-bond donors (Lipinski definition) is 1. The molecular formula is C12H17F2NO2. The highest BCUT2D eigenvalue weighted by Crippen LogP contribution is 2.36. The third-order valence-electron chi connectivity index (χ3n) is 2.52. The Labute approximate surface area is 99.5 Å². The molecule has 0 atom stereocenters. The predicted molar refractivity (Wildman–Crippen MR) is 61.5 cm³/mol. The molecule has 2 N–H and O–H groups in total. The zero-order valence-corrected chi connectivity index (χ0v) is 10.1. The van der Waals surface area contributed by atoms with Gasteiger partial charge in [-0.2, -0.15) is 4.39 Å². The molecule has 0 bridgehead atoms. The van der Waals surface area contributed by atoms with Crippen LogP contribution in [0.3, 0.4) is 0 Å². The third-order valence-corrected chi connectivity index (χ3v) is 2.52. The Morgan fingerprint density at radius 3 is 2.29 bits per heavy atom. The van der Waals surface area contributed by atoms with Gasteiger partial charge in [0.1, 0.15) is 0 Å². The summed E-state index contributed by atoms with van der Waals surface area (Å²) < 4.78 is 36.6. The maximum absolute atomic E-state index is 13.4. The molecule has 0 aromatic heterocycles. The highest BCUT2D eigenvalue weighted by Gasteiger charge is 2.19. The first-order valence-corrected chi connectivity index (χ1v) is 5.44. The Balaban J connectivity index is 3.06. The fraction of sp³-hybridized carbons (Fsp3) is 0.500. The molecule has 0 heterocycles. The summed E-state index contributed by atoms with van der Waals surface area (Å²) in [5.74, 6) is -1.88. The van der Waals surface area contributed by atoms with Gasteiger partial charge in [0.05, 0.1) is 14.2 Å². The normalized spacial score (nSPS) is 10.4. The van der Waals surface area contributed by atoms with Crippen LogP contribution >= 0.6 is 0 Å². The zero-order valence-electron chi connectivity index (χ0n) is 10.1. The van der Waals surface area contributed by atoms with Gasteiger partial charge in [-0.15, -0.1) is 0 Å². The predicted octanol–water partition coefficient (Wildman–Crippen LogP) is 2.26. The fourth-order valence-corrected chi connectivity index (χ4v) is 1.69. The van der Waals surface area contributed by atoms with Crippen LogP contribution in [0.1, 0.15) is 18.4 Å². The summed E-state index contributed by atoms with van der Waals surface area (Å²) in [7, 11) is 2.69. The van der Waals surface area contributed by atoms with Gasteiger partial charge in [-0.3, -0.25) is 0 Å². The molecule has 0 amide bonds. The van der Waals surface area contributed by atoms with Crippen molar-refractivity contribution in [3.05, 3.63) is 23.3 Å². The summed E-state index contributed by atoms with van der Waals surface area (Å²) in [6, 6.07) is 1.15. The Hall–Kier alpha value is -1.36. The Morgan fingerprint density at radius 2 is 1.76 bits per heavy atom. The van der Waals surface area contributed by atoms with Crippen molar-refractivity contribution in [3.8, 4) is 11.5 Å². The lowest BCUT2D eigenvalue weighted by Crippen LogP contribution is -2.03. The van der Waals surface area contributed by atoms with Crippen molar-refractivity contribution < 1.29 is 18.3 Å². The average Bonchev–Trinajstić information content (AvgIpc) is 2.33. The van der Waals surface area contributed by atoms with Crippen LogP contribution in [0.5, 0.6) is 11.5 Å². The number of halogens is 2. The van der Waals surface area contributed by atoms with Crippen molar-refractivity contribution in [2.45, 2.75) is 19.3 Å². The number of hydrogen-bond acceptors (Lipinski definition) is 3. The molecule has 0 aliphatic heterocycles. The molecule has 0 saturated heterocycles. The van der Waals surface area contributed by atoms with Gasteiger partial charge in [0.2, 0.25) is 5.82 Å². The largest absolute Gasteiger partial charge is 0.492 e. The zero-order chi connectivity index (χ0) is 12.8. The third kappa shape index (κ3) is 3.06. The van der Waals surface area contributed by atoms with Crippen LogP contribution in [0.15, 0.2) is 6.07 Å². The van der Waals surface area contributed by atoms with E-state index in [1.54, 1.807) is 0 Å². The maximum Gasteiger partial charge on any atom is 0.204 e. The quantitative estimate of drug-likeness (QED) is 0.782. The van der Waals surface area contributed by atoms with Gasteiger partial charge < -0.3 is 15.2 Å². The van der Waals surface area contributed by atoms with Crippen LogP contribution in [-0.4, -0.2) is 20.8 Å². The number of aryl methyl sites for hydroxylation is 1. The molecule has 0 unspecified atom stereocenters. The van der Waals surface area contributed by atoms with Crippen molar-refractivity contribution in [1.29, 1.82) is 0 Å². The molecule has 1 rings (SSSR count). The van der Waals surface area contributed by atoms with Gasteiger partial charge in [0.25, 0.3) is 0 Å². The first-order valence-electron chi connectivity index (χ1n) is 5.44. The summed E-state index contributed by atoms with van der Waals surface area (Å²) in [6.45, 7) is 0.573. The molecule has 3 nitrogen and oxygen atoms in total. The lowest BCUT2D eigenvalue weighted by Gasteiger charge is -2.13. The number of nitrogens with two attached hydrogens (primary N) is 1. The second-order valence-electron chi connectivity index (χ2n) is 3.64. The van der Waals surface area contributed by atoms with E-state index in [1.807, 2.05) is 0 Å². The number of rotatable bonds is 6. The van der Waals surface area contributed by atoms with E-state index in [-0.39, 0.29) is 11.5 Å². The molecule has 1 aromatic rings. The summed E-state index contributed by atoms with van der Waals surface area (Å²) in [6.07, 6.45) is 2.19. The smallest absolute Gasteiger partial charge is 0.204 e. The van der Waals surface area contributed by atoms with E-state index in [0.717, 1.165) is 18.9 Å². The molecule has 0 fully saturated rings. The van der Waals surface area contributed by atoms with E-state index in [0.29, 0.717) is 18.5 Å². The van der Waals surface area contributed by atoms with E-state index in [2.05, 4.69) is 0 Å². The minimum absolute atomic E-state index is 0.185. The summed E-state index contributed by atoms with van der Waals surface area (Å²) in [4.78, 5) is 0. The van der Waals surface area contributed by atoms with E-state index < -0.39 is 11.6 Å². The molecule has 0 aliphatic carbocycles. The van der Waals surface area contributed by atoms with Crippen molar-refractivity contribution >= 4 is 0 Å². The summed E-state index contributed by atoms with van der Waals surface area (Å²) >= 11 is 0. The lowest BCUT2D eigenvalue weighted by molar-refractivity contribution is 0.325. The highest BCUT2D eigenvalue weighted by atomic mass is 19.2. The fourth-order valence-electron chi connectivity index (χ4n) is 1.69. The van der Waals surface area contributed by atoms with Crippen molar-refractivity contribution in [2.75, 3.05) is 20.8 Å². The van der Waals surface area contributed by atoms with Gasteiger partial charge in [0.15, 0.2) is 17.3 Å². The van der Waals surface area contributed by atoms with E-state index >= 15 is 0 Å². The second-order valence-corrected chi connectivity index (χ2v) is 3.64. The first kappa shape index (κ1) is 13.7. The van der Waals surface area contributed by atoms with Crippen LogP contribution in [0, 0.1) is 11.6 Å². The number of ether oxygens (including phenoxy) is 2. The first-order chi connectivity index (χ1) is 8.15. The van der Waals surface area contributed by atoms with Gasteiger partial charge in [-0.25, -0.2) is 4.39 Å². The van der Waals surface area contributed by atoms with Crippen LogP contribution in [0.4, 0.5) is 8.78 Å². The Bertz CT molecular complexity index is 383. The van der Waals surface area contributed by atoms with Crippen molar-refractivity contribution in [2.24, 2.45) is 5.73 Å². The Kier molecular flexibility index (Phi) is 5.15. The molecule has 0 saturated carbocycles. The molecule has 17 heavy (non-hydrogen) atoms. The SMILES string of the molecule is COc1c(CCCCN)cc(F)c(F)c1OC. The minimum Gasteiger partial charge on any atom is -0.492 e. The van der Waals surface area contributed by atoms with Crippen LogP contribution in [0.2, 0.25) is 0 Å². The average molecular weight is 245 g/mol. The lowest BCUT2D eigenvalue weighted by atomic mass is 10.1. The van der Waals surface area contributed by atoms with E-state index in [1.165, 1.54) is 14.2 Å². The number of benzene rings is 1. The molecule has 0 aliphatic rings. The number of methoxy groups -OCH3 is 2.